The highest BCUT2D eigenvalue weighted by Gasteiger charge is 2.28. The Morgan fingerprint density at radius 1 is 1.21 bits per heavy atom. The van der Waals surface area contributed by atoms with Crippen LogP contribution in [0.1, 0.15) is 11.6 Å². The van der Waals surface area contributed by atoms with Crippen LogP contribution in [0, 0.1) is 0 Å². The molecule has 0 aliphatic carbocycles. The fourth-order valence-corrected chi connectivity index (χ4v) is 1.85. The van der Waals surface area contributed by atoms with Gasteiger partial charge in [-0.2, -0.15) is 13.2 Å². The summed E-state index contributed by atoms with van der Waals surface area (Å²) in [6.07, 6.45) is -4.26. The highest BCUT2D eigenvalue weighted by Crippen LogP contribution is 2.32. The van der Waals surface area contributed by atoms with E-state index in [1.807, 2.05) is 0 Å². The van der Waals surface area contributed by atoms with Gasteiger partial charge in [0.15, 0.2) is 11.5 Å². The fraction of sp³-hybridized carbons (Fsp3) is 0.500. The van der Waals surface area contributed by atoms with Gasteiger partial charge >= 0.3 is 6.18 Å². The first-order valence-corrected chi connectivity index (χ1v) is 5.89. The summed E-state index contributed by atoms with van der Waals surface area (Å²) in [5, 5.41) is 2.39. The zero-order valence-corrected chi connectivity index (χ0v) is 10.2. The summed E-state index contributed by atoms with van der Waals surface area (Å²) >= 11 is 0. The summed E-state index contributed by atoms with van der Waals surface area (Å²) in [6.45, 7) is -0.113. The molecule has 0 saturated carbocycles. The minimum absolute atomic E-state index is 0.0652. The standard InChI is InChI=1S/C12H15F3N2O2/c13-12(14,15)7-17-9(6-16)8-1-2-10-11(5-8)19-4-3-18-10/h1-2,5,9,17H,3-4,6-7,16H2. The average molecular weight is 276 g/mol. The van der Waals surface area contributed by atoms with E-state index in [0.29, 0.717) is 30.3 Å². The lowest BCUT2D eigenvalue weighted by molar-refractivity contribution is -0.126. The van der Waals surface area contributed by atoms with Crippen molar-refractivity contribution in [2.45, 2.75) is 12.2 Å². The van der Waals surface area contributed by atoms with Crippen molar-refractivity contribution in [1.29, 1.82) is 0 Å². The number of nitrogens with one attached hydrogen (secondary N) is 1. The lowest BCUT2D eigenvalue weighted by Gasteiger charge is -2.22. The van der Waals surface area contributed by atoms with Crippen LogP contribution in [0.15, 0.2) is 18.2 Å². The molecule has 1 aromatic rings. The molecule has 7 heteroatoms. The zero-order chi connectivity index (χ0) is 13.9. The lowest BCUT2D eigenvalue weighted by atomic mass is 10.1. The predicted molar refractivity (Wildman–Crippen MR) is 63.3 cm³/mol. The van der Waals surface area contributed by atoms with Gasteiger partial charge in [0.05, 0.1) is 6.54 Å². The molecule has 19 heavy (non-hydrogen) atoms. The SMILES string of the molecule is NCC(NCC(F)(F)F)c1ccc2c(c1)OCCO2. The number of hydrogen-bond acceptors (Lipinski definition) is 4. The van der Waals surface area contributed by atoms with Crippen LogP contribution in [0.2, 0.25) is 0 Å². The van der Waals surface area contributed by atoms with Gasteiger partial charge in [0, 0.05) is 12.6 Å². The maximum absolute atomic E-state index is 12.2. The summed E-state index contributed by atoms with van der Waals surface area (Å²) in [5.74, 6) is 1.14. The molecule has 106 valence electrons. The molecule has 0 bridgehead atoms. The Balaban J connectivity index is 2.10. The van der Waals surface area contributed by atoms with Crippen LogP contribution in [0.25, 0.3) is 0 Å². The van der Waals surface area contributed by atoms with Crippen LogP contribution >= 0.6 is 0 Å². The molecular weight excluding hydrogens is 261 g/mol. The van der Waals surface area contributed by atoms with Crippen LogP contribution < -0.4 is 20.5 Å². The van der Waals surface area contributed by atoms with Gasteiger partial charge in [0.1, 0.15) is 13.2 Å². The third kappa shape index (κ3) is 3.74. The van der Waals surface area contributed by atoms with Crippen molar-refractivity contribution < 1.29 is 22.6 Å². The molecule has 1 atom stereocenters. The van der Waals surface area contributed by atoms with E-state index < -0.39 is 18.8 Å². The molecule has 1 aliphatic rings. The third-order valence-corrected chi connectivity index (χ3v) is 2.75. The maximum atomic E-state index is 12.2. The van der Waals surface area contributed by atoms with Crippen molar-refractivity contribution in [2.75, 3.05) is 26.3 Å². The Bertz CT molecular complexity index is 437. The Morgan fingerprint density at radius 3 is 2.53 bits per heavy atom. The monoisotopic (exact) mass is 276 g/mol. The Morgan fingerprint density at radius 2 is 1.89 bits per heavy atom. The fourth-order valence-electron chi connectivity index (χ4n) is 1.85. The van der Waals surface area contributed by atoms with Crippen LogP contribution in [-0.4, -0.2) is 32.5 Å². The van der Waals surface area contributed by atoms with Crippen LogP contribution in [0.5, 0.6) is 11.5 Å². The molecule has 3 N–H and O–H groups in total. The van der Waals surface area contributed by atoms with E-state index in [0.717, 1.165) is 0 Å². The minimum Gasteiger partial charge on any atom is -0.486 e. The molecule has 1 heterocycles. The first-order chi connectivity index (χ1) is 8.99. The summed E-state index contributed by atoms with van der Waals surface area (Å²) in [6, 6.07) is 4.46. The Labute approximate surface area is 108 Å². The van der Waals surface area contributed by atoms with Crippen LogP contribution in [0.3, 0.4) is 0 Å². The summed E-state index contributed by atoms with van der Waals surface area (Å²) in [4.78, 5) is 0. The third-order valence-electron chi connectivity index (χ3n) is 2.75. The van der Waals surface area contributed by atoms with E-state index in [4.69, 9.17) is 15.2 Å². The molecule has 0 amide bonds. The summed E-state index contributed by atoms with van der Waals surface area (Å²) in [7, 11) is 0. The Hall–Kier alpha value is -1.47. The molecule has 0 spiro atoms. The molecule has 4 nitrogen and oxygen atoms in total. The van der Waals surface area contributed by atoms with E-state index in [1.165, 1.54) is 0 Å². The van der Waals surface area contributed by atoms with E-state index in [2.05, 4.69) is 5.32 Å². The number of ether oxygens (including phenoxy) is 2. The Kier molecular flexibility index (Phi) is 4.16. The minimum atomic E-state index is -4.26. The van der Waals surface area contributed by atoms with Gasteiger partial charge in [-0.25, -0.2) is 0 Å². The van der Waals surface area contributed by atoms with Crippen molar-refractivity contribution in [3.63, 3.8) is 0 Å². The number of rotatable bonds is 4. The van der Waals surface area contributed by atoms with Gasteiger partial charge in [-0.3, -0.25) is 0 Å². The predicted octanol–water partition coefficient (Wildman–Crippen LogP) is 1.61. The van der Waals surface area contributed by atoms with E-state index >= 15 is 0 Å². The van der Waals surface area contributed by atoms with Gasteiger partial charge in [-0.15, -0.1) is 0 Å². The topological polar surface area (TPSA) is 56.5 Å². The van der Waals surface area contributed by atoms with Gasteiger partial charge in [0.2, 0.25) is 0 Å². The molecule has 0 saturated heterocycles. The number of hydrogen-bond donors (Lipinski definition) is 2. The number of halogens is 3. The van der Waals surface area contributed by atoms with E-state index in [9.17, 15) is 13.2 Å². The maximum Gasteiger partial charge on any atom is 0.401 e. The zero-order valence-electron chi connectivity index (χ0n) is 10.2. The van der Waals surface area contributed by atoms with Crippen molar-refractivity contribution >= 4 is 0 Å². The average Bonchev–Trinajstić information content (AvgIpc) is 2.38. The summed E-state index contributed by atoms with van der Waals surface area (Å²) < 4.78 is 47.3. The van der Waals surface area contributed by atoms with Gasteiger partial charge in [0.25, 0.3) is 0 Å². The van der Waals surface area contributed by atoms with Crippen molar-refractivity contribution in [2.24, 2.45) is 5.73 Å². The highest BCUT2D eigenvalue weighted by atomic mass is 19.4. The highest BCUT2D eigenvalue weighted by molar-refractivity contribution is 5.44. The number of benzene rings is 1. The molecule has 0 fully saturated rings. The van der Waals surface area contributed by atoms with Crippen molar-refractivity contribution in [3.8, 4) is 11.5 Å². The van der Waals surface area contributed by atoms with E-state index in [1.54, 1.807) is 18.2 Å². The molecular formula is C12H15F3N2O2. The largest absolute Gasteiger partial charge is 0.486 e. The number of fused-ring (bicyclic) bond motifs is 1. The smallest absolute Gasteiger partial charge is 0.401 e. The van der Waals surface area contributed by atoms with Crippen LogP contribution in [0.4, 0.5) is 13.2 Å². The molecule has 1 aliphatic heterocycles. The number of nitrogens with two attached hydrogens (primary N) is 1. The van der Waals surface area contributed by atoms with Gasteiger partial charge in [-0.1, -0.05) is 6.07 Å². The quantitative estimate of drug-likeness (QED) is 0.877. The van der Waals surface area contributed by atoms with Crippen molar-refractivity contribution in [3.05, 3.63) is 23.8 Å². The normalized spacial score (nSPS) is 16.2. The first kappa shape index (κ1) is 14.0. The molecule has 0 radical (unpaired) electrons. The van der Waals surface area contributed by atoms with Gasteiger partial charge < -0.3 is 20.5 Å². The lowest BCUT2D eigenvalue weighted by Crippen LogP contribution is -2.35. The second-order valence-electron chi connectivity index (χ2n) is 4.19. The second-order valence-corrected chi connectivity index (χ2v) is 4.19. The van der Waals surface area contributed by atoms with Crippen LogP contribution in [-0.2, 0) is 0 Å². The summed E-state index contributed by atoms with van der Waals surface area (Å²) in [5.41, 5.74) is 6.16. The molecule has 0 aromatic heterocycles. The van der Waals surface area contributed by atoms with E-state index in [-0.39, 0.29) is 6.54 Å². The molecule has 2 rings (SSSR count). The van der Waals surface area contributed by atoms with Gasteiger partial charge in [-0.05, 0) is 17.7 Å². The molecule has 1 aromatic carbocycles. The molecule has 1 unspecified atom stereocenters. The second kappa shape index (κ2) is 5.66. The number of alkyl halides is 3. The first-order valence-electron chi connectivity index (χ1n) is 5.89. The van der Waals surface area contributed by atoms with Crippen molar-refractivity contribution in [1.82, 2.24) is 5.32 Å².